The van der Waals surface area contributed by atoms with Crippen LogP contribution in [0.15, 0.2) is 24.3 Å². The Labute approximate surface area is 110 Å². The molecule has 0 bridgehead atoms. The Balaban J connectivity index is 2.06. The molecule has 1 aliphatic rings. The molecule has 1 unspecified atom stereocenters. The summed E-state index contributed by atoms with van der Waals surface area (Å²) in [5.41, 5.74) is 1.41. The van der Waals surface area contributed by atoms with E-state index in [9.17, 15) is 0 Å². The van der Waals surface area contributed by atoms with Gasteiger partial charge in [-0.25, -0.2) is 0 Å². The van der Waals surface area contributed by atoms with Crippen molar-refractivity contribution in [3.05, 3.63) is 29.8 Å². The van der Waals surface area contributed by atoms with E-state index in [4.69, 9.17) is 4.74 Å². The third kappa shape index (κ3) is 3.24. The van der Waals surface area contributed by atoms with Gasteiger partial charge in [0.2, 0.25) is 0 Å². The number of nitrogens with one attached hydrogen (secondary N) is 1. The summed E-state index contributed by atoms with van der Waals surface area (Å²) in [7, 11) is 0. The van der Waals surface area contributed by atoms with E-state index in [0.717, 1.165) is 45.0 Å². The molecule has 18 heavy (non-hydrogen) atoms. The highest BCUT2D eigenvalue weighted by molar-refractivity contribution is 5.29. The third-order valence-electron chi connectivity index (χ3n) is 3.55. The van der Waals surface area contributed by atoms with E-state index in [1.807, 2.05) is 6.92 Å². The quantitative estimate of drug-likeness (QED) is 0.866. The molecule has 0 saturated carbocycles. The second-order valence-electron chi connectivity index (χ2n) is 4.71. The maximum Gasteiger partial charge on any atom is 0.119 e. The molecule has 1 saturated heterocycles. The van der Waals surface area contributed by atoms with E-state index >= 15 is 0 Å². The fourth-order valence-electron chi connectivity index (χ4n) is 2.65. The summed E-state index contributed by atoms with van der Waals surface area (Å²) in [6, 6.07) is 9.14. The van der Waals surface area contributed by atoms with Crippen LogP contribution < -0.4 is 10.1 Å². The first-order chi connectivity index (χ1) is 8.85. The van der Waals surface area contributed by atoms with Gasteiger partial charge in [0, 0.05) is 32.2 Å². The number of hydrogen-bond acceptors (Lipinski definition) is 3. The number of nitrogens with zero attached hydrogens (tertiary/aromatic N) is 1. The molecule has 1 aliphatic heterocycles. The van der Waals surface area contributed by atoms with Crippen LogP contribution in [-0.2, 0) is 0 Å². The molecule has 0 radical (unpaired) electrons. The average Bonchev–Trinajstić information content (AvgIpc) is 2.43. The molecular formula is C15H24N2O. The lowest BCUT2D eigenvalue weighted by molar-refractivity contribution is 0.169. The zero-order valence-electron chi connectivity index (χ0n) is 11.5. The minimum atomic E-state index is 0.544. The van der Waals surface area contributed by atoms with E-state index in [2.05, 4.69) is 41.4 Å². The van der Waals surface area contributed by atoms with E-state index in [0.29, 0.717) is 6.04 Å². The van der Waals surface area contributed by atoms with Crippen molar-refractivity contribution in [1.82, 2.24) is 10.2 Å². The summed E-state index contributed by atoms with van der Waals surface area (Å²) in [6.07, 6.45) is 1.16. The smallest absolute Gasteiger partial charge is 0.119 e. The SMILES string of the molecule is CCOc1ccc(C(CC)N2CCNCC2)cc1. The highest BCUT2D eigenvalue weighted by atomic mass is 16.5. The zero-order valence-corrected chi connectivity index (χ0v) is 11.5. The van der Waals surface area contributed by atoms with Gasteiger partial charge in [0.1, 0.15) is 5.75 Å². The van der Waals surface area contributed by atoms with Gasteiger partial charge >= 0.3 is 0 Å². The lowest BCUT2D eigenvalue weighted by Crippen LogP contribution is -2.45. The molecule has 1 N–H and O–H groups in total. The molecular weight excluding hydrogens is 224 g/mol. The van der Waals surface area contributed by atoms with Crippen molar-refractivity contribution in [2.75, 3.05) is 32.8 Å². The molecule has 3 heteroatoms. The van der Waals surface area contributed by atoms with Gasteiger partial charge < -0.3 is 10.1 Å². The summed E-state index contributed by atoms with van der Waals surface area (Å²) >= 11 is 0. The molecule has 1 aromatic rings. The van der Waals surface area contributed by atoms with Crippen LogP contribution in [0, 0.1) is 0 Å². The van der Waals surface area contributed by atoms with Crippen molar-refractivity contribution in [3.8, 4) is 5.75 Å². The minimum Gasteiger partial charge on any atom is -0.494 e. The summed E-state index contributed by atoms with van der Waals surface area (Å²) in [5.74, 6) is 0.969. The Kier molecular flexibility index (Phi) is 5.02. The molecule has 1 heterocycles. The van der Waals surface area contributed by atoms with Crippen LogP contribution in [0.5, 0.6) is 5.75 Å². The van der Waals surface area contributed by atoms with E-state index in [-0.39, 0.29) is 0 Å². The van der Waals surface area contributed by atoms with Crippen molar-refractivity contribution in [2.24, 2.45) is 0 Å². The van der Waals surface area contributed by atoms with Gasteiger partial charge in [-0.05, 0) is 31.0 Å². The Bertz CT molecular complexity index is 344. The van der Waals surface area contributed by atoms with Crippen LogP contribution in [0.1, 0.15) is 31.9 Å². The number of piperazine rings is 1. The molecule has 2 rings (SSSR count). The lowest BCUT2D eigenvalue weighted by Gasteiger charge is -2.34. The van der Waals surface area contributed by atoms with Gasteiger partial charge in [-0.15, -0.1) is 0 Å². The topological polar surface area (TPSA) is 24.5 Å². The van der Waals surface area contributed by atoms with E-state index in [1.54, 1.807) is 0 Å². The molecule has 100 valence electrons. The van der Waals surface area contributed by atoms with Crippen molar-refractivity contribution in [1.29, 1.82) is 0 Å². The highest BCUT2D eigenvalue weighted by Crippen LogP contribution is 2.26. The summed E-state index contributed by atoms with van der Waals surface area (Å²) < 4.78 is 5.50. The molecule has 3 nitrogen and oxygen atoms in total. The fourth-order valence-corrected chi connectivity index (χ4v) is 2.65. The van der Waals surface area contributed by atoms with E-state index in [1.165, 1.54) is 5.56 Å². The first-order valence-corrected chi connectivity index (χ1v) is 7.02. The standard InChI is InChI=1S/C15H24N2O/c1-3-15(17-11-9-16-10-12-17)13-5-7-14(8-6-13)18-4-2/h5-8,15-16H,3-4,9-12H2,1-2H3. The van der Waals surface area contributed by atoms with E-state index < -0.39 is 0 Å². The van der Waals surface area contributed by atoms with Crippen LogP contribution in [0.2, 0.25) is 0 Å². The highest BCUT2D eigenvalue weighted by Gasteiger charge is 2.20. The largest absolute Gasteiger partial charge is 0.494 e. The maximum atomic E-state index is 5.50. The fraction of sp³-hybridized carbons (Fsp3) is 0.600. The Hall–Kier alpha value is -1.06. The molecule has 0 aromatic heterocycles. The zero-order chi connectivity index (χ0) is 12.8. The molecule has 1 atom stereocenters. The van der Waals surface area contributed by atoms with Gasteiger partial charge in [-0.3, -0.25) is 4.90 Å². The van der Waals surface area contributed by atoms with Gasteiger partial charge in [0.15, 0.2) is 0 Å². The second kappa shape index (κ2) is 6.76. The Morgan fingerprint density at radius 1 is 1.17 bits per heavy atom. The minimum absolute atomic E-state index is 0.544. The van der Waals surface area contributed by atoms with Gasteiger partial charge in [0.05, 0.1) is 6.61 Å². The average molecular weight is 248 g/mol. The molecule has 0 amide bonds. The van der Waals surface area contributed by atoms with Crippen molar-refractivity contribution in [2.45, 2.75) is 26.3 Å². The molecule has 1 fully saturated rings. The first-order valence-electron chi connectivity index (χ1n) is 7.02. The van der Waals surface area contributed by atoms with Gasteiger partial charge in [-0.2, -0.15) is 0 Å². The Morgan fingerprint density at radius 3 is 2.39 bits per heavy atom. The third-order valence-corrected chi connectivity index (χ3v) is 3.55. The van der Waals surface area contributed by atoms with Crippen LogP contribution in [0.3, 0.4) is 0 Å². The summed E-state index contributed by atoms with van der Waals surface area (Å²) in [6.45, 7) is 9.51. The normalized spacial score (nSPS) is 18.6. The van der Waals surface area contributed by atoms with Crippen molar-refractivity contribution in [3.63, 3.8) is 0 Å². The summed E-state index contributed by atoms with van der Waals surface area (Å²) in [4.78, 5) is 2.58. The maximum absolute atomic E-state index is 5.50. The van der Waals surface area contributed by atoms with Crippen molar-refractivity contribution >= 4 is 0 Å². The number of ether oxygens (including phenoxy) is 1. The van der Waals surface area contributed by atoms with Crippen LogP contribution >= 0.6 is 0 Å². The number of rotatable bonds is 5. The molecule has 1 aromatic carbocycles. The predicted octanol–water partition coefficient (Wildman–Crippen LogP) is 2.44. The summed E-state index contributed by atoms with van der Waals surface area (Å²) in [5, 5.41) is 3.41. The van der Waals surface area contributed by atoms with Crippen molar-refractivity contribution < 1.29 is 4.74 Å². The predicted molar refractivity (Wildman–Crippen MR) is 75.1 cm³/mol. The first kappa shape index (κ1) is 13.4. The van der Waals surface area contributed by atoms with Crippen LogP contribution in [0.4, 0.5) is 0 Å². The Morgan fingerprint density at radius 2 is 1.83 bits per heavy atom. The molecule has 0 spiro atoms. The number of hydrogen-bond donors (Lipinski definition) is 1. The van der Waals surface area contributed by atoms with Gasteiger partial charge in [-0.1, -0.05) is 19.1 Å². The monoisotopic (exact) mass is 248 g/mol. The van der Waals surface area contributed by atoms with Crippen LogP contribution in [0.25, 0.3) is 0 Å². The van der Waals surface area contributed by atoms with Crippen LogP contribution in [-0.4, -0.2) is 37.7 Å². The lowest BCUT2D eigenvalue weighted by atomic mass is 10.0. The number of benzene rings is 1. The second-order valence-corrected chi connectivity index (χ2v) is 4.71. The van der Waals surface area contributed by atoms with Gasteiger partial charge in [0.25, 0.3) is 0 Å². The molecule has 0 aliphatic carbocycles.